The number of allylic oxidation sites excluding steroid dienone is 1. The highest BCUT2D eigenvalue weighted by Crippen LogP contribution is 2.41. The molecule has 0 saturated carbocycles. The number of fused-ring (bicyclic) bond motifs is 1. The minimum absolute atomic E-state index is 0.0172. The number of nitrogens with zero attached hydrogens (tertiary/aromatic N) is 3. The molecule has 2 aliphatic rings. The Hall–Kier alpha value is -3.73. The molecule has 2 aromatic rings. The summed E-state index contributed by atoms with van der Waals surface area (Å²) in [7, 11) is 1.38. The van der Waals surface area contributed by atoms with E-state index in [9.17, 15) is 19.2 Å². The van der Waals surface area contributed by atoms with Gasteiger partial charge in [-0.15, -0.1) is 34.4 Å². The predicted molar refractivity (Wildman–Crippen MR) is 159 cm³/mol. The number of nitrogens with one attached hydrogen (secondary N) is 2. The fraction of sp³-hybridized carbons (Fsp3) is 0.385. The Balaban J connectivity index is 1.55. The van der Waals surface area contributed by atoms with E-state index in [-0.39, 0.29) is 16.4 Å². The van der Waals surface area contributed by atoms with E-state index >= 15 is 0 Å². The van der Waals surface area contributed by atoms with Gasteiger partial charge >= 0.3 is 11.9 Å². The summed E-state index contributed by atoms with van der Waals surface area (Å²) in [6.45, 7) is 6.28. The van der Waals surface area contributed by atoms with Crippen molar-refractivity contribution >= 4 is 75.0 Å². The molecular formula is C26H30N6O7S3. The molecule has 1 fully saturated rings. The Morgan fingerprint density at radius 1 is 1.21 bits per heavy atom. The van der Waals surface area contributed by atoms with E-state index in [0.717, 1.165) is 21.9 Å². The van der Waals surface area contributed by atoms with Gasteiger partial charge in [-0.2, -0.15) is 0 Å². The number of β-lactam (4-membered cyclic amide) rings is 1. The van der Waals surface area contributed by atoms with Gasteiger partial charge in [-0.3, -0.25) is 29.6 Å². The van der Waals surface area contributed by atoms with Crippen LogP contribution in [0.3, 0.4) is 0 Å². The lowest BCUT2D eigenvalue weighted by molar-refractivity contribution is -0.173. The Labute approximate surface area is 254 Å². The standard InChI is InChI=1S/C26H30N6O7S3/c1-13-17(42-11-28-13)7-6-14-9-40-22-18(31-20(33)15(8-29-37-5)16-10-41-25(27)30-16)21(34)32(22)19(14)23(35)38-12-39-24(36)26(2,3)4/h6-8,10-11,18,22,29H,9,12H2,1-5H3,(H2,27,30)(H,31,33)/b7-6+,15-8+. The minimum Gasteiger partial charge on any atom is -0.427 e. The van der Waals surface area contributed by atoms with Crippen molar-refractivity contribution in [2.45, 2.75) is 39.1 Å². The van der Waals surface area contributed by atoms with Crippen LogP contribution in [0.1, 0.15) is 37.0 Å². The first-order chi connectivity index (χ1) is 19.9. The molecule has 2 aromatic heterocycles. The zero-order valence-electron chi connectivity index (χ0n) is 23.5. The third kappa shape index (κ3) is 6.83. The molecule has 42 heavy (non-hydrogen) atoms. The van der Waals surface area contributed by atoms with Gasteiger partial charge in [0.25, 0.3) is 11.8 Å². The number of thioether (sulfide) groups is 1. The van der Waals surface area contributed by atoms with Crippen LogP contribution in [0, 0.1) is 12.3 Å². The number of rotatable bonds is 10. The number of anilines is 1. The number of carbonyl (C=O) groups excluding carboxylic acids is 4. The number of carbonyl (C=O) groups is 4. The van der Waals surface area contributed by atoms with Gasteiger partial charge in [-0.05, 0) is 39.3 Å². The van der Waals surface area contributed by atoms with E-state index in [1.807, 2.05) is 13.0 Å². The van der Waals surface area contributed by atoms with Crippen molar-refractivity contribution in [1.82, 2.24) is 25.7 Å². The number of hydrogen-bond acceptors (Lipinski definition) is 14. The summed E-state index contributed by atoms with van der Waals surface area (Å²) in [6.07, 6.45) is 4.87. The lowest BCUT2D eigenvalue weighted by atomic mass is 9.98. The van der Waals surface area contributed by atoms with Gasteiger partial charge in [0, 0.05) is 22.2 Å². The average Bonchev–Trinajstić information content (AvgIpc) is 3.56. The summed E-state index contributed by atoms with van der Waals surface area (Å²) in [5.41, 5.74) is 11.0. The molecule has 4 heterocycles. The SMILES string of the molecule is CON/C=C(/C(=O)NC1C(=O)N2C(C(=O)OCOC(=O)C(C)(C)C)=C(/C=C/c3scnc3C)CSC12)c1csc(N)n1. The van der Waals surface area contributed by atoms with Crippen molar-refractivity contribution in [3.63, 3.8) is 0 Å². The highest BCUT2D eigenvalue weighted by atomic mass is 32.2. The molecule has 4 rings (SSSR count). The topological polar surface area (TPSA) is 175 Å². The molecule has 224 valence electrons. The molecule has 2 amide bonds. The van der Waals surface area contributed by atoms with Gasteiger partial charge in [0.05, 0.1) is 35.0 Å². The minimum atomic E-state index is -0.930. The lowest BCUT2D eigenvalue weighted by Gasteiger charge is -2.49. The van der Waals surface area contributed by atoms with Gasteiger partial charge in [-0.25, -0.2) is 14.8 Å². The van der Waals surface area contributed by atoms with Gasteiger partial charge in [-0.1, -0.05) is 6.08 Å². The number of aryl methyl sites for hydroxylation is 1. The van der Waals surface area contributed by atoms with Crippen LogP contribution in [0.2, 0.25) is 0 Å². The van der Waals surface area contributed by atoms with Gasteiger partial charge < -0.3 is 20.5 Å². The van der Waals surface area contributed by atoms with Crippen LogP contribution in [0.5, 0.6) is 0 Å². The molecule has 0 spiro atoms. The summed E-state index contributed by atoms with van der Waals surface area (Å²) < 4.78 is 10.4. The molecule has 4 N–H and O–H groups in total. The first-order valence-electron chi connectivity index (χ1n) is 12.5. The lowest BCUT2D eigenvalue weighted by Crippen LogP contribution is -2.70. The molecule has 0 bridgehead atoms. The van der Waals surface area contributed by atoms with Crippen LogP contribution < -0.4 is 16.5 Å². The second kappa shape index (κ2) is 13.1. The highest BCUT2D eigenvalue weighted by molar-refractivity contribution is 8.00. The number of nitrogen functional groups attached to an aromatic ring is 1. The summed E-state index contributed by atoms with van der Waals surface area (Å²) in [4.78, 5) is 67.4. The maximum absolute atomic E-state index is 13.4. The summed E-state index contributed by atoms with van der Waals surface area (Å²) in [5, 5.41) is 4.03. The monoisotopic (exact) mass is 634 g/mol. The number of hydroxylamine groups is 1. The number of ether oxygens (including phenoxy) is 2. The molecule has 0 aromatic carbocycles. The first-order valence-corrected chi connectivity index (χ1v) is 15.3. The Morgan fingerprint density at radius 3 is 2.60 bits per heavy atom. The average molecular weight is 635 g/mol. The molecule has 0 radical (unpaired) electrons. The molecule has 13 nitrogen and oxygen atoms in total. The van der Waals surface area contributed by atoms with E-state index < -0.39 is 47.4 Å². The summed E-state index contributed by atoms with van der Waals surface area (Å²) >= 11 is 3.98. The Kier molecular flexibility index (Phi) is 9.71. The number of amides is 2. The molecule has 2 aliphatic heterocycles. The molecule has 16 heteroatoms. The van der Waals surface area contributed by atoms with Crippen molar-refractivity contribution < 1.29 is 33.5 Å². The molecular weight excluding hydrogens is 605 g/mol. The second-order valence-corrected chi connectivity index (χ2v) is 12.9. The van der Waals surface area contributed by atoms with E-state index in [4.69, 9.17) is 20.0 Å². The molecule has 2 atom stereocenters. The number of aromatic nitrogens is 2. The Bertz CT molecular complexity index is 1470. The zero-order valence-corrected chi connectivity index (χ0v) is 25.9. The first kappa shape index (κ1) is 31.2. The fourth-order valence-corrected chi connectivity index (χ4v) is 6.41. The largest absolute Gasteiger partial charge is 0.427 e. The molecule has 1 saturated heterocycles. The molecule has 0 aliphatic carbocycles. The van der Waals surface area contributed by atoms with Crippen LogP contribution in [0.25, 0.3) is 11.6 Å². The molecule has 2 unspecified atom stereocenters. The van der Waals surface area contributed by atoms with Crippen molar-refractivity contribution in [2.75, 3.05) is 25.4 Å². The van der Waals surface area contributed by atoms with Gasteiger partial charge in [0.1, 0.15) is 17.1 Å². The Morgan fingerprint density at radius 2 is 1.98 bits per heavy atom. The van der Waals surface area contributed by atoms with E-state index in [1.54, 1.807) is 37.7 Å². The van der Waals surface area contributed by atoms with Crippen molar-refractivity contribution in [2.24, 2.45) is 5.41 Å². The van der Waals surface area contributed by atoms with Crippen LogP contribution in [-0.4, -0.2) is 69.7 Å². The van der Waals surface area contributed by atoms with Gasteiger partial charge in [0.2, 0.25) is 6.79 Å². The van der Waals surface area contributed by atoms with Crippen LogP contribution in [-0.2, 0) is 33.5 Å². The summed E-state index contributed by atoms with van der Waals surface area (Å²) in [6, 6.07) is -0.930. The smallest absolute Gasteiger partial charge is 0.358 e. The predicted octanol–water partition coefficient (Wildman–Crippen LogP) is 2.44. The zero-order chi connectivity index (χ0) is 30.6. The van der Waals surface area contributed by atoms with Crippen LogP contribution >= 0.6 is 34.4 Å². The second-order valence-electron chi connectivity index (χ2n) is 10.1. The van der Waals surface area contributed by atoms with Crippen molar-refractivity contribution in [3.8, 4) is 0 Å². The third-order valence-electron chi connectivity index (χ3n) is 6.05. The maximum Gasteiger partial charge on any atom is 0.358 e. The number of thiazole rings is 2. The normalized spacial score (nSPS) is 18.9. The van der Waals surface area contributed by atoms with Gasteiger partial charge in [0.15, 0.2) is 5.13 Å². The number of nitrogens with two attached hydrogens (primary N) is 1. The van der Waals surface area contributed by atoms with E-state index in [2.05, 4.69) is 20.8 Å². The quantitative estimate of drug-likeness (QED) is 0.115. The number of esters is 2. The van der Waals surface area contributed by atoms with Crippen LogP contribution in [0.15, 0.2) is 34.4 Å². The third-order valence-corrected chi connectivity index (χ3v) is 8.92. The highest BCUT2D eigenvalue weighted by Gasteiger charge is 2.54. The summed E-state index contributed by atoms with van der Waals surface area (Å²) in [5.74, 6) is -2.12. The van der Waals surface area contributed by atoms with Crippen LogP contribution in [0.4, 0.5) is 5.13 Å². The maximum atomic E-state index is 13.4. The van der Waals surface area contributed by atoms with E-state index in [1.165, 1.54) is 41.3 Å². The fourth-order valence-electron chi connectivity index (χ4n) is 3.83. The van der Waals surface area contributed by atoms with E-state index in [0.29, 0.717) is 17.0 Å². The van der Waals surface area contributed by atoms with Crippen molar-refractivity contribution in [3.05, 3.63) is 50.7 Å². The van der Waals surface area contributed by atoms with Crippen molar-refractivity contribution in [1.29, 1.82) is 0 Å². The number of hydrogen-bond donors (Lipinski definition) is 3.